The third kappa shape index (κ3) is 5.84. The van der Waals surface area contributed by atoms with Crippen molar-refractivity contribution in [3.05, 3.63) is 56.5 Å². The maximum atomic E-state index is 12.4. The van der Waals surface area contributed by atoms with E-state index in [9.17, 15) is 10.1 Å². The van der Waals surface area contributed by atoms with Crippen molar-refractivity contribution in [1.29, 1.82) is 5.26 Å². The van der Waals surface area contributed by atoms with Crippen molar-refractivity contribution in [2.45, 2.75) is 13.3 Å². The Morgan fingerprint density at radius 3 is 2.37 bits per heavy atom. The molecule has 1 amide bonds. The lowest BCUT2D eigenvalue weighted by Crippen LogP contribution is -2.13. The summed E-state index contributed by atoms with van der Waals surface area (Å²) < 4.78 is 12.2. The molecule has 0 heterocycles. The summed E-state index contributed by atoms with van der Waals surface area (Å²) >= 11 is 6.93. The van der Waals surface area contributed by atoms with Gasteiger partial charge in [0.15, 0.2) is 0 Å². The Hall–Kier alpha value is -2.30. The number of carbonyl (C=O) groups excluding carboxylic acids is 1. The van der Waals surface area contributed by atoms with E-state index in [4.69, 9.17) is 9.47 Å². The second-order valence-corrected chi connectivity index (χ2v) is 7.22. The summed E-state index contributed by atoms with van der Waals surface area (Å²) in [5, 5.41) is 12.1. The van der Waals surface area contributed by atoms with Crippen molar-refractivity contribution >= 4 is 49.5 Å². The van der Waals surface area contributed by atoms with Gasteiger partial charge in [-0.15, -0.1) is 0 Å². The predicted molar refractivity (Wildman–Crippen MR) is 113 cm³/mol. The molecule has 0 aliphatic carbocycles. The van der Waals surface area contributed by atoms with E-state index in [1.165, 1.54) is 6.08 Å². The van der Waals surface area contributed by atoms with Crippen LogP contribution < -0.4 is 14.8 Å². The first-order valence-corrected chi connectivity index (χ1v) is 9.76. The van der Waals surface area contributed by atoms with E-state index in [1.807, 2.05) is 13.0 Å². The number of nitrogens with one attached hydrogen (secondary N) is 1. The van der Waals surface area contributed by atoms with Gasteiger partial charge in [-0.05, 0) is 86.3 Å². The van der Waals surface area contributed by atoms with E-state index in [-0.39, 0.29) is 5.57 Å². The summed E-state index contributed by atoms with van der Waals surface area (Å²) in [7, 11) is 1.57. The number of hydrogen-bond donors (Lipinski definition) is 1. The maximum absolute atomic E-state index is 12.4. The maximum Gasteiger partial charge on any atom is 0.266 e. The Bertz CT molecular complexity index is 864. The summed E-state index contributed by atoms with van der Waals surface area (Å²) in [4.78, 5) is 12.4. The third-order valence-corrected chi connectivity index (χ3v) is 4.67. The van der Waals surface area contributed by atoms with Crippen LogP contribution in [-0.4, -0.2) is 19.6 Å². The number of rotatable bonds is 7. The lowest BCUT2D eigenvalue weighted by molar-refractivity contribution is -0.112. The van der Waals surface area contributed by atoms with Gasteiger partial charge in [-0.1, -0.05) is 6.92 Å². The molecule has 0 unspecified atom stereocenters. The zero-order valence-corrected chi connectivity index (χ0v) is 18.1. The summed E-state index contributed by atoms with van der Waals surface area (Å²) in [5.41, 5.74) is 1.26. The van der Waals surface area contributed by atoms with Crippen LogP contribution in [0.5, 0.6) is 11.5 Å². The zero-order valence-electron chi connectivity index (χ0n) is 14.9. The highest BCUT2D eigenvalue weighted by molar-refractivity contribution is 9.11. The third-order valence-electron chi connectivity index (χ3n) is 3.50. The Labute approximate surface area is 175 Å². The first-order chi connectivity index (χ1) is 13.0. The van der Waals surface area contributed by atoms with Crippen molar-refractivity contribution in [1.82, 2.24) is 0 Å². The fourth-order valence-corrected chi connectivity index (χ4v) is 3.64. The monoisotopic (exact) mass is 492 g/mol. The molecule has 0 saturated heterocycles. The van der Waals surface area contributed by atoms with Crippen LogP contribution in [-0.2, 0) is 4.79 Å². The molecular formula is C20H18Br2N2O3. The Morgan fingerprint density at radius 1 is 1.22 bits per heavy atom. The van der Waals surface area contributed by atoms with Crippen LogP contribution in [0.3, 0.4) is 0 Å². The van der Waals surface area contributed by atoms with Gasteiger partial charge < -0.3 is 14.8 Å². The molecule has 0 fully saturated rings. The number of nitriles is 1. The Kier molecular flexibility index (Phi) is 7.89. The highest BCUT2D eigenvalue weighted by Crippen LogP contribution is 2.35. The van der Waals surface area contributed by atoms with Gasteiger partial charge >= 0.3 is 0 Å². The first kappa shape index (κ1) is 21.0. The lowest BCUT2D eigenvalue weighted by Gasteiger charge is -2.10. The standard InChI is InChI=1S/C20H18Br2N2O3/c1-3-8-27-19-17(21)10-13(11-18(19)22)9-14(12-23)20(25)24-15-4-6-16(26-2)7-5-15/h4-7,9-11H,3,8H2,1-2H3,(H,24,25)/b14-9+. The molecular weight excluding hydrogens is 476 g/mol. The number of hydrogen-bond acceptors (Lipinski definition) is 4. The fraction of sp³-hybridized carbons (Fsp3) is 0.200. The number of anilines is 1. The Morgan fingerprint density at radius 2 is 1.85 bits per heavy atom. The van der Waals surface area contributed by atoms with Crippen LogP contribution in [0.4, 0.5) is 5.69 Å². The smallest absolute Gasteiger partial charge is 0.266 e. The van der Waals surface area contributed by atoms with E-state index in [1.54, 1.807) is 43.5 Å². The number of amides is 1. The molecule has 0 bridgehead atoms. The summed E-state index contributed by atoms with van der Waals surface area (Å²) in [6, 6.07) is 12.4. The minimum absolute atomic E-state index is 0.00755. The van der Waals surface area contributed by atoms with Gasteiger partial charge in [0.25, 0.3) is 5.91 Å². The molecule has 0 radical (unpaired) electrons. The van der Waals surface area contributed by atoms with Crippen LogP contribution in [0.15, 0.2) is 50.9 Å². The van der Waals surface area contributed by atoms with Crippen molar-refractivity contribution < 1.29 is 14.3 Å². The second kappa shape index (κ2) is 10.1. The van der Waals surface area contributed by atoms with Gasteiger partial charge in [0.2, 0.25) is 0 Å². The van der Waals surface area contributed by atoms with Gasteiger partial charge in [0.05, 0.1) is 22.7 Å². The molecule has 0 aromatic heterocycles. The van der Waals surface area contributed by atoms with Crippen LogP contribution >= 0.6 is 31.9 Å². The molecule has 27 heavy (non-hydrogen) atoms. The number of halogens is 2. The fourth-order valence-electron chi connectivity index (χ4n) is 2.19. The molecule has 140 valence electrons. The summed E-state index contributed by atoms with van der Waals surface area (Å²) in [6.07, 6.45) is 2.42. The molecule has 1 N–H and O–H groups in total. The molecule has 0 saturated carbocycles. The van der Waals surface area contributed by atoms with E-state index in [0.29, 0.717) is 29.4 Å². The average Bonchev–Trinajstić information content (AvgIpc) is 2.66. The Balaban J connectivity index is 2.21. The largest absolute Gasteiger partial charge is 0.497 e. The zero-order chi connectivity index (χ0) is 19.8. The number of benzene rings is 2. The highest BCUT2D eigenvalue weighted by atomic mass is 79.9. The minimum atomic E-state index is -0.485. The van der Waals surface area contributed by atoms with E-state index in [0.717, 1.165) is 15.4 Å². The summed E-state index contributed by atoms with van der Waals surface area (Å²) in [6.45, 7) is 2.62. The van der Waals surface area contributed by atoms with Crippen LogP contribution in [0.1, 0.15) is 18.9 Å². The average molecular weight is 494 g/mol. The van der Waals surface area contributed by atoms with Crippen molar-refractivity contribution in [3.63, 3.8) is 0 Å². The lowest BCUT2D eigenvalue weighted by atomic mass is 10.1. The molecule has 7 heteroatoms. The predicted octanol–water partition coefficient (Wildman–Crippen LogP) is 5.55. The molecule has 2 rings (SSSR count). The normalized spacial score (nSPS) is 10.9. The molecule has 2 aromatic carbocycles. The second-order valence-electron chi connectivity index (χ2n) is 5.51. The molecule has 2 aromatic rings. The highest BCUT2D eigenvalue weighted by Gasteiger charge is 2.12. The van der Waals surface area contributed by atoms with E-state index < -0.39 is 5.91 Å². The van der Waals surface area contributed by atoms with Crippen LogP contribution in [0.25, 0.3) is 6.08 Å². The number of nitrogens with zero attached hydrogens (tertiary/aromatic N) is 1. The summed E-state index contributed by atoms with van der Waals surface area (Å²) in [5.74, 6) is 0.889. The van der Waals surface area contributed by atoms with Gasteiger partial charge in [-0.25, -0.2) is 0 Å². The van der Waals surface area contributed by atoms with Crippen LogP contribution in [0, 0.1) is 11.3 Å². The molecule has 0 aliphatic heterocycles. The van der Waals surface area contributed by atoms with Gasteiger partial charge in [0.1, 0.15) is 23.1 Å². The SMILES string of the molecule is CCCOc1c(Br)cc(/C=C(\C#N)C(=O)Nc2ccc(OC)cc2)cc1Br. The first-order valence-electron chi connectivity index (χ1n) is 8.17. The van der Waals surface area contributed by atoms with Crippen LogP contribution in [0.2, 0.25) is 0 Å². The molecule has 5 nitrogen and oxygen atoms in total. The van der Waals surface area contributed by atoms with Crippen molar-refractivity contribution in [2.24, 2.45) is 0 Å². The number of ether oxygens (including phenoxy) is 2. The van der Waals surface area contributed by atoms with Crippen molar-refractivity contribution in [2.75, 3.05) is 19.0 Å². The van der Waals surface area contributed by atoms with Gasteiger partial charge in [-0.3, -0.25) is 4.79 Å². The molecule has 0 atom stereocenters. The molecule has 0 aliphatic rings. The van der Waals surface area contributed by atoms with Gasteiger partial charge in [-0.2, -0.15) is 5.26 Å². The van der Waals surface area contributed by atoms with E-state index >= 15 is 0 Å². The van der Waals surface area contributed by atoms with Gasteiger partial charge in [0, 0.05) is 5.69 Å². The minimum Gasteiger partial charge on any atom is -0.497 e. The molecule has 0 spiro atoms. The number of carbonyl (C=O) groups is 1. The topological polar surface area (TPSA) is 71.3 Å². The number of methoxy groups -OCH3 is 1. The van der Waals surface area contributed by atoms with E-state index in [2.05, 4.69) is 37.2 Å². The quantitative estimate of drug-likeness (QED) is 0.405. The van der Waals surface area contributed by atoms with Crippen molar-refractivity contribution in [3.8, 4) is 17.6 Å².